The number of amides is 1. The van der Waals surface area contributed by atoms with Crippen LogP contribution < -0.4 is 11.1 Å². The van der Waals surface area contributed by atoms with E-state index < -0.39 is 17.4 Å². The summed E-state index contributed by atoms with van der Waals surface area (Å²) in [5.41, 5.74) is 4.87. The number of aromatic amines is 2. The first-order valence-corrected chi connectivity index (χ1v) is 19.7. The van der Waals surface area contributed by atoms with Crippen molar-refractivity contribution in [2.45, 2.75) is 173 Å². The molecular weight excluding hydrogens is 680 g/mol. The molecular formula is C37H64N10O6. The van der Waals surface area contributed by atoms with E-state index in [0.29, 0.717) is 43.9 Å². The Balaban J connectivity index is 1.43. The summed E-state index contributed by atoms with van der Waals surface area (Å²) in [5, 5.41) is 41.0. The lowest BCUT2D eigenvalue weighted by molar-refractivity contribution is -0.144. The average molecular weight is 745 g/mol. The second-order valence-corrected chi connectivity index (χ2v) is 15.0. The topological polar surface area (TPSA) is 253 Å². The number of nitrogens with one attached hydrogen (secondary N) is 3. The number of hydrogen-bond donors (Lipinski definition) is 5. The number of rotatable bonds is 33. The van der Waals surface area contributed by atoms with Crippen LogP contribution in [-0.2, 0) is 24.0 Å². The van der Waals surface area contributed by atoms with Gasteiger partial charge in [0.25, 0.3) is 0 Å². The first-order valence-electron chi connectivity index (χ1n) is 19.7. The fraction of sp³-hybridized carbons (Fsp3) is 0.811. The molecule has 16 heteroatoms. The van der Waals surface area contributed by atoms with Crippen LogP contribution in [0.3, 0.4) is 0 Å². The molecule has 1 unspecified atom stereocenters. The molecule has 53 heavy (non-hydrogen) atoms. The van der Waals surface area contributed by atoms with Gasteiger partial charge in [0.1, 0.15) is 11.6 Å². The number of aliphatic carboxylic acids is 1. The SMILES string of the molecule is CC(=O)[C@H](CCCCNC(=O)CCC(CC(=O)CCCCCCCCCCCCCCCC(c1nn[nH]n1)c1nn[nH]n1)C(=O)O)CC(=O)C(C)(C)N. The minimum Gasteiger partial charge on any atom is -0.481 e. The van der Waals surface area contributed by atoms with E-state index in [0.717, 1.165) is 44.9 Å². The van der Waals surface area contributed by atoms with Crippen molar-refractivity contribution < 1.29 is 29.1 Å². The predicted molar refractivity (Wildman–Crippen MR) is 198 cm³/mol. The number of H-pyrrole nitrogens is 2. The number of carboxylic acids is 1. The first kappa shape index (κ1) is 45.2. The van der Waals surface area contributed by atoms with Crippen molar-refractivity contribution in [3.8, 4) is 0 Å². The van der Waals surface area contributed by atoms with Crippen molar-refractivity contribution in [2.24, 2.45) is 17.6 Å². The number of ketones is 3. The normalized spacial score (nSPS) is 12.8. The number of tetrazole rings is 2. The van der Waals surface area contributed by atoms with Crippen molar-refractivity contribution in [1.82, 2.24) is 46.6 Å². The molecule has 0 fully saturated rings. The lowest BCUT2D eigenvalue weighted by Gasteiger charge is -2.20. The molecule has 0 spiro atoms. The zero-order valence-corrected chi connectivity index (χ0v) is 32.2. The molecule has 0 aliphatic heterocycles. The van der Waals surface area contributed by atoms with Crippen molar-refractivity contribution in [3.63, 3.8) is 0 Å². The molecule has 0 aliphatic rings. The Hall–Kier alpha value is -3.95. The van der Waals surface area contributed by atoms with Crippen molar-refractivity contribution >= 4 is 29.2 Å². The van der Waals surface area contributed by atoms with E-state index in [4.69, 9.17) is 5.73 Å². The summed E-state index contributed by atoms with van der Waals surface area (Å²) in [6.45, 7) is 5.13. The van der Waals surface area contributed by atoms with Crippen molar-refractivity contribution in [2.75, 3.05) is 6.54 Å². The van der Waals surface area contributed by atoms with Gasteiger partial charge < -0.3 is 16.2 Å². The van der Waals surface area contributed by atoms with Gasteiger partial charge in [0.15, 0.2) is 17.4 Å². The van der Waals surface area contributed by atoms with E-state index in [1.165, 1.54) is 51.9 Å². The number of carbonyl (C=O) groups excluding carboxylic acids is 4. The van der Waals surface area contributed by atoms with Crippen LogP contribution in [0, 0.1) is 11.8 Å². The number of unbranched alkanes of at least 4 members (excludes halogenated alkanes) is 13. The minimum absolute atomic E-state index is 0.0356. The molecule has 2 rings (SSSR count). The van der Waals surface area contributed by atoms with Gasteiger partial charge in [-0.2, -0.15) is 10.4 Å². The van der Waals surface area contributed by atoms with Crippen LogP contribution in [0.25, 0.3) is 0 Å². The highest BCUT2D eigenvalue weighted by molar-refractivity contribution is 5.91. The van der Waals surface area contributed by atoms with Gasteiger partial charge >= 0.3 is 5.97 Å². The molecule has 0 saturated heterocycles. The van der Waals surface area contributed by atoms with Crippen LogP contribution in [0.2, 0.25) is 0 Å². The smallest absolute Gasteiger partial charge is 0.306 e. The molecule has 0 bridgehead atoms. The lowest BCUT2D eigenvalue weighted by atomic mass is 9.87. The Labute approximate surface area is 313 Å². The van der Waals surface area contributed by atoms with Crippen molar-refractivity contribution in [1.29, 1.82) is 0 Å². The van der Waals surface area contributed by atoms with Crippen molar-refractivity contribution in [3.05, 3.63) is 11.6 Å². The molecule has 2 aromatic heterocycles. The second-order valence-electron chi connectivity index (χ2n) is 15.0. The number of aromatic nitrogens is 8. The minimum atomic E-state index is -1.05. The Kier molecular flexibility index (Phi) is 22.1. The highest BCUT2D eigenvalue weighted by Gasteiger charge is 2.27. The third kappa shape index (κ3) is 20.2. The first-order chi connectivity index (χ1) is 25.4. The number of carbonyl (C=O) groups is 5. The average Bonchev–Trinajstić information content (AvgIpc) is 3.84. The summed E-state index contributed by atoms with van der Waals surface area (Å²) in [4.78, 5) is 60.7. The maximum atomic E-state index is 12.5. The van der Waals surface area contributed by atoms with Gasteiger partial charge in [-0.1, -0.05) is 93.9 Å². The molecule has 298 valence electrons. The van der Waals surface area contributed by atoms with Gasteiger partial charge in [-0.3, -0.25) is 24.0 Å². The third-order valence-electron chi connectivity index (χ3n) is 9.87. The zero-order chi connectivity index (χ0) is 38.9. The molecule has 16 nitrogen and oxygen atoms in total. The summed E-state index contributed by atoms with van der Waals surface area (Å²) in [5.74, 6) is -1.75. The lowest BCUT2D eigenvalue weighted by Crippen LogP contribution is -2.42. The summed E-state index contributed by atoms with van der Waals surface area (Å²) >= 11 is 0. The molecule has 1 amide bonds. The molecule has 2 aromatic rings. The molecule has 6 N–H and O–H groups in total. The number of nitrogens with two attached hydrogens (primary N) is 1. The maximum absolute atomic E-state index is 12.5. The summed E-state index contributed by atoms with van der Waals surface area (Å²) in [6.07, 6.45) is 18.0. The number of hydrogen-bond acceptors (Lipinski definition) is 12. The number of carboxylic acid groups (broad SMARTS) is 1. The predicted octanol–water partition coefficient (Wildman–Crippen LogP) is 5.32. The highest BCUT2D eigenvalue weighted by Crippen LogP contribution is 2.24. The highest BCUT2D eigenvalue weighted by atomic mass is 16.4. The molecule has 2 atom stereocenters. The van der Waals surface area contributed by atoms with E-state index in [1.807, 2.05) is 0 Å². The van der Waals surface area contributed by atoms with Crippen LogP contribution >= 0.6 is 0 Å². The van der Waals surface area contributed by atoms with E-state index in [2.05, 4.69) is 46.6 Å². The summed E-state index contributed by atoms with van der Waals surface area (Å²) in [6, 6.07) is 0. The van der Waals surface area contributed by atoms with Gasteiger partial charge in [-0.25, -0.2) is 0 Å². The van der Waals surface area contributed by atoms with Gasteiger partial charge in [0.2, 0.25) is 5.91 Å². The Morgan fingerprint density at radius 1 is 0.679 bits per heavy atom. The van der Waals surface area contributed by atoms with E-state index in [1.54, 1.807) is 13.8 Å². The molecule has 0 aromatic carbocycles. The number of nitrogens with zero attached hydrogens (tertiary/aromatic N) is 6. The quantitative estimate of drug-likeness (QED) is 0.0581. The Morgan fingerprint density at radius 2 is 1.19 bits per heavy atom. The molecule has 2 heterocycles. The third-order valence-corrected chi connectivity index (χ3v) is 9.87. The maximum Gasteiger partial charge on any atom is 0.306 e. The molecule has 0 radical (unpaired) electrons. The van der Waals surface area contributed by atoms with Crippen LogP contribution in [-0.4, -0.2) is 87.7 Å². The van der Waals surface area contributed by atoms with Crippen LogP contribution in [0.1, 0.15) is 180 Å². The largest absolute Gasteiger partial charge is 0.481 e. The monoisotopic (exact) mass is 745 g/mol. The summed E-state index contributed by atoms with van der Waals surface area (Å²) in [7, 11) is 0. The Morgan fingerprint density at radius 3 is 1.66 bits per heavy atom. The molecule has 0 aliphatic carbocycles. The zero-order valence-electron chi connectivity index (χ0n) is 32.2. The van der Waals surface area contributed by atoms with Gasteiger partial charge in [0.05, 0.1) is 17.4 Å². The standard InChI is InChI=1S/C37H64N10O6/c1-27(48)28(26-32(50)37(2,3)38)19-17-18-24-39-33(51)23-22-29(36(52)53)25-30(49)20-15-13-11-9-7-5-4-6-8-10-12-14-16-21-31(34-40-44-45-41-34)35-42-46-47-43-35/h28-29,31H,4-26,38H2,1-3H3,(H,39,51)(H,52,53)(H,40,41,44,45)(H,42,43,46,47)/t28-,29?/m1/s1. The second kappa shape index (κ2) is 25.9. The summed E-state index contributed by atoms with van der Waals surface area (Å²) < 4.78 is 0. The fourth-order valence-corrected chi connectivity index (χ4v) is 6.39. The van der Waals surface area contributed by atoms with E-state index in [-0.39, 0.29) is 60.8 Å². The van der Waals surface area contributed by atoms with Gasteiger partial charge in [-0.05, 0) is 52.9 Å². The van der Waals surface area contributed by atoms with Gasteiger partial charge in [0, 0.05) is 38.1 Å². The van der Waals surface area contributed by atoms with Crippen LogP contribution in [0.5, 0.6) is 0 Å². The molecule has 0 saturated carbocycles. The van der Waals surface area contributed by atoms with Crippen LogP contribution in [0.15, 0.2) is 0 Å². The van der Waals surface area contributed by atoms with E-state index in [9.17, 15) is 29.1 Å². The van der Waals surface area contributed by atoms with Gasteiger partial charge in [-0.15, -0.1) is 20.4 Å². The van der Waals surface area contributed by atoms with E-state index >= 15 is 0 Å². The number of Topliss-reactive ketones (excluding diaryl/α,β-unsaturated/α-hetero) is 3. The fourth-order valence-electron chi connectivity index (χ4n) is 6.39. The van der Waals surface area contributed by atoms with Crippen LogP contribution in [0.4, 0.5) is 0 Å². The Bertz CT molecular complexity index is 1300.